The molecule has 0 spiro atoms. The minimum Gasteiger partial charge on any atom is -0.480 e. The van der Waals surface area contributed by atoms with Gasteiger partial charge in [0.15, 0.2) is 0 Å². The summed E-state index contributed by atoms with van der Waals surface area (Å²) in [7, 11) is 0. The highest BCUT2D eigenvalue weighted by molar-refractivity contribution is 5.83. The third kappa shape index (κ3) is 3.88. The molecule has 0 saturated heterocycles. The molecule has 2 aromatic rings. The number of carboxylic acid groups (broad SMARTS) is 1. The minimum absolute atomic E-state index is 0.0659. The van der Waals surface area contributed by atoms with Crippen molar-refractivity contribution in [2.45, 2.75) is 25.9 Å². The molecule has 7 nitrogen and oxygen atoms in total. The molecular weight excluding hydrogens is 272 g/mol. The van der Waals surface area contributed by atoms with Gasteiger partial charge >= 0.3 is 5.97 Å². The standard InChI is InChI=1S/C14H16N4O3/c1-2-11(14(20)21)15-13(19)9-18-8-12(16-17-18)10-6-4-3-5-7-10/h3-8,11H,2,9H2,1H3,(H,15,19)(H,20,21). The van der Waals surface area contributed by atoms with Crippen molar-refractivity contribution in [3.63, 3.8) is 0 Å². The van der Waals surface area contributed by atoms with Gasteiger partial charge in [0.05, 0.1) is 6.20 Å². The van der Waals surface area contributed by atoms with E-state index in [4.69, 9.17) is 5.11 Å². The molecule has 2 N–H and O–H groups in total. The molecule has 1 atom stereocenters. The molecule has 1 aromatic carbocycles. The molecule has 0 aliphatic heterocycles. The van der Waals surface area contributed by atoms with E-state index in [1.54, 1.807) is 13.1 Å². The molecule has 0 radical (unpaired) electrons. The molecule has 1 heterocycles. The maximum Gasteiger partial charge on any atom is 0.326 e. The molecule has 1 amide bonds. The number of aliphatic carboxylic acids is 1. The van der Waals surface area contributed by atoms with Gasteiger partial charge in [-0.25, -0.2) is 9.48 Å². The monoisotopic (exact) mass is 288 g/mol. The summed E-state index contributed by atoms with van der Waals surface area (Å²) in [6.45, 7) is 1.63. The second-order valence-corrected chi connectivity index (χ2v) is 4.53. The van der Waals surface area contributed by atoms with Crippen molar-refractivity contribution in [3.05, 3.63) is 36.5 Å². The first-order valence-corrected chi connectivity index (χ1v) is 6.58. The molecule has 21 heavy (non-hydrogen) atoms. The Balaban J connectivity index is 1.99. The predicted octanol–water partition coefficient (Wildman–Crippen LogP) is 0.924. The van der Waals surface area contributed by atoms with Gasteiger partial charge < -0.3 is 10.4 Å². The van der Waals surface area contributed by atoms with Crippen molar-refractivity contribution in [2.75, 3.05) is 0 Å². The van der Waals surface area contributed by atoms with Crippen LogP contribution in [0.15, 0.2) is 36.5 Å². The molecular formula is C14H16N4O3. The number of hydrogen-bond donors (Lipinski definition) is 2. The number of rotatable bonds is 6. The maximum absolute atomic E-state index is 11.8. The SMILES string of the molecule is CCC(NC(=O)Cn1cc(-c2ccccc2)nn1)C(=O)O. The van der Waals surface area contributed by atoms with E-state index in [1.807, 2.05) is 30.3 Å². The first-order valence-electron chi connectivity index (χ1n) is 6.58. The van der Waals surface area contributed by atoms with E-state index >= 15 is 0 Å². The summed E-state index contributed by atoms with van der Waals surface area (Å²) in [5.41, 5.74) is 1.56. The molecule has 2 rings (SSSR count). The van der Waals surface area contributed by atoms with Crippen molar-refractivity contribution >= 4 is 11.9 Å². The Bertz CT molecular complexity index is 624. The van der Waals surface area contributed by atoms with Crippen LogP contribution in [0.3, 0.4) is 0 Å². The van der Waals surface area contributed by atoms with E-state index in [9.17, 15) is 9.59 Å². The van der Waals surface area contributed by atoms with Gasteiger partial charge in [-0.05, 0) is 6.42 Å². The lowest BCUT2D eigenvalue weighted by molar-refractivity contribution is -0.142. The van der Waals surface area contributed by atoms with Gasteiger partial charge in [0.25, 0.3) is 0 Å². The lowest BCUT2D eigenvalue weighted by Gasteiger charge is -2.11. The number of benzene rings is 1. The molecule has 1 aromatic heterocycles. The summed E-state index contributed by atoms with van der Waals surface area (Å²) >= 11 is 0. The van der Waals surface area contributed by atoms with Crippen molar-refractivity contribution in [2.24, 2.45) is 0 Å². The van der Waals surface area contributed by atoms with E-state index in [0.29, 0.717) is 12.1 Å². The number of carbonyl (C=O) groups is 2. The van der Waals surface area contributed by atoms with Crippen molar-refractivity contribution in [3.8, 4) is 11.3 Å². The lowest BCUT2D eigenvalue weighted by Crippen LogP contribution is -2.41. The van der Waals surface area contributed by atoms with Crippen LogP contribution in [0.2, 0.25) is 0 Å². The lowest BCUT2D eigenvalue weighted by atomic mass is 10.2. The van der Waals surface area contributed by atoms with Crippen LogP contribution in [0.5, 0.6) is 0 Å². The topological polar surface area (TPSA) is 97.1 Å². The fraction of sp³-hybridized carbons (Fsp3) is 0.286. The van der Waals surface area contributed by atoms with Crippen LogP contribution in [-0.4, -0.2) is 38.0 Å². The van der Waals surface area contributed by atoms with Crippen molar-refractivity contribution in [1.29, 1.82) is 0 Å². The fourth-order valence-electron chi connectivity index (χ4n) is 1.84. The summed E-state index contributed by atoms with van der Waals surface area (Å²) in [5, 5.41) is 19.2. The highest BCUT2D eigenvalue weighted by Gasteiger charge is 2.18. The molecule has 0 fully saturated rings. The second kappa shape index (κ2) is 6.65. The van der Waals surface area contributed by atoms with E-state index in [1.165, 1.54) is 4.68 Å². The summed E-state index contributed by atoms with van der Waals surface area (Å²) in [5.74, 6) is -1.46. The molecule has 0 bridgehead atoms. The molecule has 0 aliphatic carbocycles. The molecule has 1 unspecified atom stereocenters. The first-order chi connectivity index (χ1) is 10.1. The van der Waals surface area contributed by atoms with Crippen LogP contribution in [0.4, 0.5) is 0 Å². The predicted molar refractivity (Wildman–Crippen MR) is 75.3 cm³/mol. The van der Waals surface area contributed by atoms with Crippen LogP contribution in [0.1, 0.15) is 13.3 Å². The Hall–Kier alpha value is -2.70. The highest BCUT2D eigenvalue weighted by atomic mass is 16.4. The number of nitrogens with zero attached hydrogens (tertiary/aromatic N) is 3. The van der Waals surface area contributed by atoms with Gasteiger partial charge in [-0.3, -0.25) is 4.79 Å². The van der Waals surface area contributed by atoms with Gasteiger partial charge in [-0.1, -0.05) is 42.5 Å². The molecule has 7 heteroatoms. The second-order valence-electron chi connectivity index (χ2n) is 4.53. The minimum atomic E-state index is -1.05. The Labute approximate surface area is 121 Å². The van der Waals surface area contributed by atoms with Gasteiger partial charge in [-0.2, -0.15) is 0 Å². The summed E-state index contributed by atoms with van der Waals surface area (Å²) in [6.07, 6.45) is 1.98. The Morgan fingerprint density at radius 1 is 1.33 bits per heavy atom. The van der Waals surface area contributed by atoms with Crippen LogP contribution in [0.25, 0.3) is 11.3 Å². The average Bonchev–Trinajstić information content (AvgIpc) is 2.93. The number of carboxylic acids is 1. The zero-order chi connectivity index (χ0) is 15.2. The fourth-order valence-corrected chi connectivity index (χ4v) is 1.84. The number of hydrogen-bond acceptors (Lipinski definition) is 4. The smallest absolute Gasteiger partial charge is 0.326 e. The normalized spacial score (nSPS) is 11.9. The Kier molecular flexibility index (Phi) is 4.65. The van der Waals surface area contributed by atoms with Crippen LogP contribution in [0, 0.1) is 0 Å². The number of carbonyl (C=O) groups excluding carboxylic acids is 1. The third-order valence-electron chi connectivity index (χ3n) is 2.96. The summed E-state index contributed by atoms with van der Waals surface area (Å²) in [4.78, 5) is 22.6. The van der Waals surface area contributed by atoms with E-state index < -0.39 is 17.9 Å². The summed E-state index contributed by atoms with van der Waals surface area (Å²) < 4.78 is 1.38. The number of nitrogens with one attached hydrogen (secondary N) is 1. The molecule has 0 aliphatic rings. The van der Waals surface area contributed by atoms with Crippen molar-refractivity contribution < 1.29 is 14.7 Å². The van der Waals surface area contributed by atoms with Gasteiger partial charge in [0, 0.05) is 5.56 Å². The van der Waals surface area contributed by atoms with Gasteiger partial charge in [0.2, 0.25) is 5.91 Å². The zero-order valence-electron chi connectivity index (χ0n) is 11.6. The van der Waals surface area contributed by atoms with Crippen LogP contribution >= 0.6 is 0 Å². The van der Waals surface area contributed by atoms with Crippen LogP contribution < -0.4 is 5.32 Å². The van der Waals surface area contributed by atoms with E-state index in [2.05, 4.69) is 15.6 Å². The number of aromatic nitrogens is 3. The van der Waals surface area contributed by atoms with Gasteiger partial charge in [-0.15, -0.1) is 5.10 Å². The molecule has 110 valence electrons. The van der Waals surface area contributed by atoms with Crippen LogP contribution in [-0.2, 0) is 16.1 Å². The average molecular weight is 288 g/mol. The zero-order valence-corrected chi connectivity index (χ0v) is 11.6. The van der Waals surface area contributed by atoms with E-state index in [-0.39, 0.29) is 6.54 Å². The Morgan fingerprint density at radius 3 is 2.67 bits per heavy atom. The third-order valence-corrected chi connectivity index (χ3v) is 2.96. The first kappa shape index (κ1) is 14.7. The van der Waals surface area contributed by atoms with Gasteiger partial charge in [0.1, 0.15) is 18.3 Å². The number of amides is 1. The Morgan fingerprint density at radius 2 is 2.05 bits per heavy atom. The van der Waals surface area contributed by atoms with Crippen molar-refractivity contribution in [1.82, 2.24) is 20.3 Å². The quantitative estimate of drug-likeness (QED) is 0.824. The summed E-state index contributed by atoms with van der Waals surface area (Å²) in [6, 6.07) is 8.59. The highest BCUT2D eigenvalue weighted by Crippen LogP contribution is 2.14. The maximum atomic E-state index is 11.8. The largest absolute Gasteiger partial charge is 0.480 e. The molecule has 0 saturated carbocycles. The van der Waals surface area contributed by atoms with E-state index in [0.717, 1.165) is 5.56 Å².